The third-order valence-electron chi connectivity index (χ3n) is 4.32. The Labute approximate surface area is 145 Å². The Morgan fingerprint density at radius 2 is 1.61 bits per heavy atom. The van der Waals surface area contributed by atoms with Crippen molar-refractivity contribution in [1.29, 1.82) is 0 Å². The molecule has 1 fully saturated rings. The van der Waals surface area contributed by atoms with E-state index in [1.54, 1.807) is 0 Å². The van der Waals surface area contributed by atoms with Crippen LogP contribution in [0.3, 0.4) is 0 Å². The van der Waals surface area contributed by atoms with Crippen LogP contribution in [-0.4, -0.2) is 59.0 Å². The molecule has 3 rings (SSSR count). The summed E-state index contributed by atoms with van der Waals surface area (Å²) in [6.07, 6.45) is 1.16. The van der Waals surface area contributed by atoms with Crippen LogP contribution in [0.2, 0.25) is 0 Å². The van der Waals surface area contributed by atoms with Crippen molar-refractivity contribution in [1.82, 2.24) is 9.80 Å². The van der Waals surface area contributed by atoms with Gasteiger partial charge in [-0.3, -0.25) is 9.11 Å². The summed E-state index contributed by atoms with van der Waals surface area (Å²) in [4.78, 5) is 7.42. The topological polar surface area (TPSA) is 23.6 Å². The molecule has 5 heteroatoms. The van der Waals surface area contributed by atoms with E-state index in [1.807, 2.05) is 41.7 Å². The predicted octanol–water partition coefficient (Wildman–Crippen LogP) is 2.72. The quantitative estimate of drug-likeness (QED) is 0.769. The molecule has 1 aliphatic rings. The largest absolute Gasteiger partial charge is 0.300 e. The van der Waals surface area contributed by atoms with E-state index in [0.29, 0.717) is 0 Å². The summed E-state index contributed by atoms with van der Waals surface area (Å²) in [5.74, 6) is 0.735. The van der Waals surface area contributed by atoms with Gasteiger partial charge in [0.1, 0.15) is 0 Å². The Kier molecular flexibility index (Phi) is 6.39. The van der Waals surface area contributed by atoms with Crippen LogP contribution in [0.4, 0.5) is 0 Å². The lowest BCUT2D eigenvalue weighted by Crippen LogP contribution is -2.47. The van der Waals surface area contributed by atoms with E-state index in [2.05, 4.69) is 27.3 Å². The molecule has 3 nitrogen and oxygen atoms in total. The molecule has 0 saturated carbocycles. The average Bonchev–Trinajstić information content (AvgIpc) is 3.13. The third kappa shape index (κ3) is 5.24. The first kappa shape index (κ1) is 16.8. The van der Waals surface area contributed by atoms with Crippen molar-refractivity contribution < 1.29 is 4.21 Å². The zero-order valence-corrected chi connectivity index (χ0v) is 15.0. The molecule has 0 bridgehead atoms. The third-order valence-corrected chi connectivity index (χ3v) is 6.61. The summed E-state index contributed by atoms with van der Waals surface area (Å²) in [6.45, 7) is 6.53. The maximum absolute atomic E-state index is 12.3. The number of rotatable bonds is 7. The monoisotopic (exact) mass is 348 g/mol. The first-order chi connectivity index (χ1) is 11.3. The molecule has 124 valence electrons. The number of hydrogen-bond acceptors (Lipinski definition) is 4. The second-order valence-electron chi connectivity index (χ2n) is 5.88. The number of benzene rings is 1. The summed E-state index contributed by atoms with van der Waals surface area (Å²) in [5.41, 5.74) is 0. The van der Waals surface area contributed by atoms with Crippen LogP contribution >= 0.6 is 11.3 Å². The van der Waals surface area contributed by atoms with Gasteiger partial charge in [-0.05, 0) is 30.0 Å². The van der Waals surface area contributed by atoms with Gasteiger partial charge in [0.2, 0.25) is 0 Å². The van der Waals surface area contributed by atoms with Crippen molar-refractivity contribution in [3.63, 3.8) is 0 Å². The molecular weight excluding hydrogens is 324 g/mol. The highest BCUT2D eigenvalue weighted by Crippen LogP contribution is 2.11. The maximum atomic E-state index is 12.3. The predicted molar refractivity (Wildman–Crippen MR) is 98.6 cm³/mol. The van der Waals surface area contributed by atoms with Crippen LogP contribution in [0.25, 0.3) is 0 Å². The van der Waals surface area contributed by atoms with Crippen molar-refractivity contribution in [2.24, 2.45) is 0 Å². The lowest BCUT2D eigenvalue weighted by Gasteiger charge is -2.34. The Balaban J connectivity index is 1.35. The molecule has 1 saturated heterocycles. The van der Waals surface area contributed by atoms with Crippen molar-refractivity contribution in [2.45, 2.75) is 11.3 Å². The number of piperazine rings is 1. The summed E-state index contributed by atoms with van der Waals surface area (Å²) >= 11 is 1.85. The van der Waals surface area contributed by atoms with E-state index in [0.717, 1.165) is 56.3 Å². The van der Waals surface area contributed by atoms with Gasteiger partial charge < -0.3 is 4.90 Å². The van der Waals surface area contributed by atoms with E-state index >= 15 is 0 Å². The highest BCUT2D eigenvalue weighted by molar-refractivity contribution is 7.85. The number of thiophene rings is 1. The van der Waals surface area contributed by atoms with Crippen molar-refractivity contribution in [3.8, 4) is 0 Å². The van der Waals surface area contributed by atoms with Gasteiger partial charge in [-0.1, -0.05) is 24.3 Å². The molecule has 23 heavy (non-hydrogen) atoms. The molecule has 0 amide bonds. The zero-order chi connectivity index (χ0) is 15.9. The normalized spacial score (nSPS) is 18.1. The van der Waals surface area contributed by atoms with Gasteiger partial charge in [-0.2, -0.15) is 0 Å². The first-order valence-electron chi connectivity index (χ1n) is 8.22. The average molecular weight is 349 g/mol. The van der Waals surface area contributed by atoms with E-state index < -0.39 is 10.8 Å². The van der Waals surface area contributed by atoms with Crippen molar-refractivity contribution >= 4 is 22.1 Å². The fourth-order valence-corrected chi connectivity index (χ4v) is 4.68. The van der Waals surface area contributed by atoms with Crippen LogP contribution in [0.15, 0.2) is 52.7 Å². The standard InChI is InChI=1S/C18H24N2OS2/c21-23(18-6-2-1-3-7-18)16-14-20-12-10-19(11-13-20)9-8-17-5-4-15-22-17/h1-7,15H,8-14,16H2. The van der Waals surface area contributed by atoms with Crippen LogP contribution in [0.5, 0.6) is 0 Å². The van der Waals surface area contributed by atoms with Crippen molar-refractivity contribution in [2.75, 3.05) is 45.0 Å². The highest BCUT2D eigenvalue weighted by atomic mass is 32.2. The van der Waals surface area contributed by atoms with Crippen LogP contribution in [0, 0.1) is 0 Å². The summed E-state index contributed by atoms with van der Waals surface area (Å²) < 4.78 is 12.3. The van der Waals surface area contributed by atoms with E-state index in [-0.39, 0.29) is 0 Å². The minimum atomic E-state index is -0.871. The lowest BCUT2D eigenvalue weighted by atomic mass is 10.2. The van der Waals surface area contributed by atoms with Gasteiger partial charge in [0.25, 0.3) is 0 Å². The number of hydrogen-bond donors (Lipinski definition) is 0. The van der Waals surface area contributed by atoms with Gasteiger partial charge in [0.15, 0.2) is 0 Å². The van der Waals surface area contributed by atoms with Crippen molar-refractivity contribution in [3.05, 3.63) is 52.7 Å². The van der Waals surface area contributed by atoms with E-state index in [4.69, 9.17) is 0 Å². The van der Waals surface area contributed by atoms with Gasteiger partial charge in [0.05, 0.1) is 10.8 Å². The Hall–Kier alpha value is -1.01. The molecule has 1 unspecified atom stereocenters. The Morgan fingerprint density at radius 1 is 0.913 bits per heavy atom. The van der Waals surface area contributed by atoms with E-state index in [9.17, 15) is 4.21 Å². The van der Waals surface area contributed by atoms with Crippen LogP contribution < -0.4 is 0 Å². The Bertz CT molecular complexity index is 593. The van der Waals surface area contributed by atoms with Crippen LogP contribution in [0.1, 0.15) is 4.88 Å². The van der Waals surface area contributed by atoms with Gasteiger partial charge in [0, 0.05) is 54.8 Å². The van der Waals surface area contributed by atoms with E-state index in [1.165, 1.54) is 4.88 Å². The molecule has 1 aromatic heterocycles. The molecule has 1 aliphatic heterocycles. The molecule has 0 aliphatic carbocycles. The number of nitrogens with zero attached hydrogens (tertiary/aromatic N) is 2. The molecule has 0 spiro atoms. The lowest BCUT2D eigenvalue weighted by molar-refractivity contribution is 0.139. The minimum absolute atomic E-state index is 0.735. The van der Waals surface area contributed by atoms with Crippen LogP contribution in [-0.2, 0) is 17.2 Å². The molecule has 1 aromatic carbocycles. The molecule has 0 N–H and O–H groups in total. The van der Waals surface area contributed by atoms with Gasteiger partial charge in [-0.15, -0.1) is 11.3 Å². The summed E-state index contributed by atoms with van der Waals surface area (Å²) in [6, 6.07) is 14.1. The fraction of sp³-hybridized carbons (Fsp3) is 0.444. The molecule has 1 atom stereocenters. The second-order valence-corrected chi connectivity index (χ2v) is 8.48. The summed E-state index contributed by atoms with van der Waals surface area (Å²) in [5, 5.41) is 2.15. The fourth-order valence-electron chi connectivity index (χ4n) is 2.86. The first-order valence-corrected chi connectivity index (χ1v) is 10.4. The molecule has 2 heterocycles. The smallest absolute Gasteiger partial charge is 0.0542 e. The second kappa shape index (κ2) is 8.73. The maximum Gasteiger partial charge on any atom is 0.0542 e. The van der Waals surface area contributed by atoms with Gasteiger partial charge >= 0.3 is 0 Å². The minimum Gasteiger partial charge on any atom is -0.300 e. The highest BCUT2D eigenvalue weighted by Gasteiger charge is 2.17. The summed E-state index contributed by atoms with van der Waals surface area (Å²) in [7, 11) is -0.871. The zero-order valence-electron chi connectivity index (χ0n) is 13.4. The molecule has 2 aromatic rings. The van der Waals surface area contributed by atoms with Gasteiger partial charge in [-0.25, -0.2) is 0 Å². The molecular formula is C18H24N2OS2. The SMILES string of the molecule is O=S(CCN1CCN(CCc2cccs2)CC1)c1ccccc1. The molecule has 0 radical (unpaired) electrons. The Morgan fingerprint density at radius 3 is 2.26 bits per heavy atom.